The minimum atomic E-state index is 0.0315. The zero-order chi connectivity index (χ0) is 10.1. The van der Waals surface area contributed by atoms with E-state index < -0.39 is 0 Å². The Bertz CT molecular complexity index is 424. The van der Waals surface area contributed by atoms with E-state index in [1.54, 1.807) is 6.07 Å². The zero-order valence-corrected chi connectivity index (χ0v) is 8.08. The number of carbonyl (C=O) groups is 1. The normalized spacial score (nSPS) is 14.9. The molecule has 0 heterocycles. The van der Waals surface area contributed by atoms with Gasteiger partial charge in [-0.15, -0.1) is 0 Å². The molecule has 14 heavy (non-hydrogen) atoms. The van der Waals surface area contributed by atoms with Crippen LogP contribution in [0.2, 0.25) is 0 Å². The highest BCUT2D eigenvalue weighted by Gasteiger charge is 2.24. The quantitative estimate of drug-likeness (QED) is 0.664. The summed E-state index contributed by atoms with van der Waals surface area (Å²) in [5.41, 5.74) is 2.40. The van der Waals surface area contributed by atoms with Crippen molar-refractivity contribution >= 4 is 5.78 Å². The van der Waals surface area contributed by atoms with E-state index in [9.17, 15) is 4.79 Å². The van der Waals surface area contributed by atoms with Gasteiger partial charge >= 0.3 is 0 Å². The van der Waals surface area contributed by atoms with E-state index in [1.807, 2.05) is 12.1 Å². The van der Waals surface area contributed by atoms with Crippen LogP contribution in [0.4, 0.5) is 0 Å². The summed E-state index contributed by atoms with van der Waals surface area (Å²) in [5.74, 6) is 0.616. The smallest absolute Gasteiger partial charge is 0.159 e. The van der Waals surface area contributed by atoms with E-state index in [1.165, 1.54) is 19.8 Å². The van der Waals surface area contributed by atoms with Crippen LogP contribution in [-0.2, 0) is 0 Å². The van der Waals surface area contributed by atoms with Crippen LogP contribution in [-0.4, -0.2) is 5.78 Å². The van der Waals surface area contributed by atoms with Crippen molar-refractivity contribution in [3.05, 3.63) is 34.9 Å². The lowest BCUT2D eigenvalue weighted by Gasteiger charge is -2.02. The third-order valence-corrected chi connectivity index (χ3v) is 2.54. The molecule has 0 N–H and O–H groups in total. The van der Waals surface area contributed by atoms with Gasteiger partial charge in [-0.1, -0.05) is 0 Å². The van der Waals surface area contributed by atoms with Gasteiger partial charge in [-0.25, -0.2) is 0 Å². The van der Waals surface area contributed by atoms with E-state index in [2.05, 4.69) is 6.07 Å². The van der Waals surface area contributed by atoms with Crippen molar-refractivity contribution in [3.8, 4) is 6.07 Å². The number of nitrogens with zero attached hydrogens (tertiary/aromatic N) is 1. The predicted molar refractivity (Wildman–Crippen MR) is 53.1 cm³/mol. The highest BCUT2D eigenvalue weighted by molar-refractivity contribution is 5.94. The van der Waals surface area contributed by atoms with Crippen LogP contribution in [0.3, 0.4) is 0 Å². The Hall–Kier alpha value is -1.62. The lowest BCUT2D eigenvalue weighted by atomic mass is 10.0. The van der Waals surface area contributed by atoms with E-state index in [-0.39, 0.29) is 5.78 Å². The van der Waals surface area contributed by atoms with Gasteiger partial charge in [-0.2, -0.15) is 5.26 Å². The summed E-state index contributed by atoms with van der Waals surface area (Å²) in [6.07, 6.45) is 2.37. The molecule has 2 rings (SSSR count). The molecule has 1 fully saturated rings. The van der Waals surface area contributed by atoms with E-state index in [0.717, 1.165) is 5.56 Å². The molecule has 0 aromatic heterocycles. The highest BCUT2D eigenvalue weighted by Crippen LogP contribution is 2.40. The summed E-state index contributed by atoms with van der Waals surface area (Å²) in [7, 11) is 0. The van der Waals surface area contributed by atoms with Crippen LogP contribution in [0.15, 0.2) is 18.2 Å². The van der Waals surface area contributed by atoms with Crippen molar-refractivity contribution in [2.75, 3.05) is 0 Å². The molecule has 0 spiro atoms. The Morgan fingerprint density at radius 2 is 2.14 bits per heavy atom. The van der Waals surface area contributed by atoms with Gasteiger partial charge < -0.3 is 0 Å². The van der Waals surface area contributed by atoms with Gasteiger partial charge in [-0.05, 0) is 49.4 Å². The van der Waals surface area contributed by atoms with Crippen molar-refractivity contribution in [3.63, 3.8) is 0 Å². The summed E-state index contributed by atoms with van der Waals surface area (Å²) in [6, 6.07) is 7.56. The van der Waals surface area contributed by atoms with Crippen molar-refractivity contribution < 1.29 is 4.79 Å². The Morgan fingerprint density at radius 1 is 1.43 bits per heavy atom. The first-order valence-electron chi connectivity index (χ1n) is 4.76. The van der Waals surface area contributed by atoms with Gasteiger partial charge in [0, 0.05) is 5.56 Å². The number of carbonyl (C=O) groups excluding carboxylic acids is 1. The Morgan fingerprint density at radius 3 is 2.64 bits per heavy atom. The molecule has 0 bridgehead atoms. The molecule has 0 aliphatic heterocycles. The van der Waals surface area contributed by atoms with Crippen molar-refractivity contribution in [2.45, 2.75) is 25.7 Å². The fourth-order valence-corrected chi connectivity index (χ4v) is 1.57. The van der Waals surface area contributed by atoms with Crippen LogP contribution >= 0.6 is 0 Å². The number of hydrogen-bond acceptors (Lipinski definition) is 2. The molecule has 2 heteroatoms. The standard InChI is InChI=1S/C12H11NO/c1-8(14)11-4-9(7-13)5-12(6-11)10-2-3-10/h4-6,10H,2-3H2,1H3. The second kappa shape index (κ2) is 3.26. The molecule has 1 saturated carbocycles. The third-order valence-electron chi connectivity index (χ3n) is 2.54. The van der Waals surface area contributed by atoms with Crippen molar-refractivity contribution in [2.24, 2.45) is 0 Å². The maximum absolute atomic E-state index is 11.2. The molecule has 1 aliphatic rings. The van der Waals surface area contributed by atoms with E-state index in [4.69, 9.17) is 5.26 Å². The molecular formula is C12H11NO. The maximum Gasteiger partial charge on any atom is 0.159 e. The van der Waals surface area contributed by atoms with Crippen LogP contribution < -0.4 is 0 Å². The summed E-state index contributed by atoms with van der Waals surface area (Å²) >= 11 is 0. The van der Waals surface area contributed by atoms with Gasteiger partial charge in [0.05, 0.1) is 11.6 Å². The Balaban J connectivity index is 2.47. The van der Waals surface area contributed by atoms with Gasteiger partial charge in [0.15, 0.2) is 5.78 Å². The molecule has 0 amide bonds. The molecule has 0 radical (unpaired) electrons. The summed E-state index contributed by atoms with van der Waals surface area (Å²) < 4.78 is 0. The lowest BCUT2D eigenvalue weighted by molar-refractivity contribution is 0.101. The lowest BCUT2D eigenvalue weighted by Crippen LogP contribution is -1.95. The second-order valence-electron chi connectivity index (χ2n) is 3.79. The number of benzene rings is 1. The van der Waals surface area contributed by atoms with E-state index in [0.29, 0.717) is 17.0 Å². The second-order valence-corrected chi connectivity index (χ2v) is 3.79. The van der Waals surface area contributed by atoms with Gasteiger partial charge in [-0.3, -0.25) is 4.79 Å². The van der Waals surface area contributed by atoms with Crippen molar-refractivity contribution in [1.82, 2.24) is 0 Å². The summed E-state index contributed by atoms with van der Waals surface area (Å²) in [4.78, 5) is 11.2. The van der Waals surface area contributed by atoms with E-state index >= 15 is 0 Å². The average Bonchev–Trinajstić information content (AvgIpc) is 3.00. The van der Waals surface area contributed by atoms with Crippen LogP contribution in [0.25, 0.3) is 0 Å². The number of Topliss-reactive ketones (excluding diaryl/α,β-unsaturated/α-hetero) is 1. The molecule has 0 atom stereocenters. The molecule has 1 aromatic rings. The largest absolute Gasteiger partial charge is 0.295 e. The molecular weight excluding hydrogens is 174 g/mol. The number of hydrogen-bond donors (Lipinski definition) is 0. The predicted octanol–water partition coefficient (Wildman–Crippen LogP) is 2.64. The highest BCUT2D eigenvalue weighted by atomic mass is 16.1. The fourth-order valence-electron chi connectivity index (χ4n) is 1.57. The monoisotopic (exact) mass is 185 g/mol. The fraction of sp³-hybridized carbons (Fsp3) is 0.333. The van der Waals surface area contributed by atoms with Gasteiger partial charge in [0.2, 0.25) is 0 Å². The summed E-state index contributed by atoms with van der Waals surface area (Å²) in [5, 5.41) is 8.81. The minimum Gasteiger partial charge on any atom is -0.295 e. The molecule has 1 aromatic carbocycles. The molecule has 70 valence electrons. The van der Waals surface area contributed by atoms with Gasteiger partial charge in [0.25, 0.3) is 0 Å². The first-order valence-corrected chi connectivity index (χ1v) is 4.76. The SMILES string of the molecule is CC(=O)c1cc(C#N)cc(C2CC2)c1. The molecule has 2 nitrogen and oxygen atoms in total. The average molecular weight is 185 g/mol. The van der Waals surface area contributed by atoms with Crippen LogP contribution in [0.5, 0.6) is 0 Å². The zero-order valence-electron chi connectivity index (χ0n) is 8.08. The van der Waals surface area contributed by atoms with Crippen molar-refractivity contribution in [1.29, 1.82) is 5.26 Å². The maximum atomic E-state index is 11.2. The van der Waals surface area contributed by atoms with Crippen LogP contribution in [0, 0.1) is 11.3 Å². The number of ketones is 1. The first kappa shape index (κ1) is 8.96. The Kier molecular flexibility index (Phi) is 2.09. The topological polar surface area (TPSA) is 40.9 Å². The number of rotatable bonds is 2. The third kappa shape index (κ3) is 1.67. The first-order chi connectivity index (χ1) is 6.70. The van der Waals surface area contributed by atoms with Crippen LogP contribution in [0.1, 0.15) is 47.2 Å². The Labute approximate surface area is 83.2 Å². The molecule has 1 aliphatic carbocycles. The minimum absolute atomic E-state index is 0.0315. The molecule has 0 unspecified atom stereocenters. The van der Waals surface area contributed by atoms with Gasteiger partial charge in [0.1, 0.15) is 0 Å². The molecule has 0 saturated heterocycles. The number of nitriles is 1. The summed E-state index contributed by atoms with van der Waals surface area (Å²) in [6.45, 7) is 1.53.